The number of nitrogens with one attached hydrogen (secondary N) is 1. The van der Waals surface area contributed by atoms with Crippen molar-refractivity contribution < 1.29 is 0 Å². The van der Waals surface area contributed by atoms with E-state index in [9.17, 15) is 0 Å². The first-order valence-electron chi connectivity index (χ1n) is 9.35. The lowest BCUT2D eigenvalue weighted by molar-refractivity contribution is 0.0757. The number of rotatable bonds is 7. The van der Waals surface area contributed by atoms with Gasteiger partial charge in [-0.15, -0.1) is 0 Å². The maximum absolute atomic E-state index is 3.64. The molecule has 2 saturated heterocycles. The maximum Gasteiger partial charge on any atom is 0.0192 e. The zero-order valence-electron chi connectivity index (χ0n) is 14.6. The van der Waals surface area contributed by atoms with E-state index in [4.69, 9.17) is 0 Å². The predicted molar refractivity (Wildman–Crippen MR) is 91.8 cm³/mol. The quantitative estimate of drug-likeness (QED) is 0.729. The van der Waals surface area contributed by atoms with Crippen LogP contribution in [0.2, 0.25) is 0 Å². The number of likely N-dealkylation sites (tertiary alicyclic amines) is 2. The van der Waals surface area contributed by atoms with E-state index < -0.39 is 0 Å². The Morgan fingerprint density at radius 1 is 0.952 bits per heavy atom. The van der Waals surface area contributed by atoms with Crippen molar-refractivity contribution in [3.05, 3.63) is 0 Å². The van der Waals surface area contributed by atoms with Gasteiger partial charge in [0.2, 0.25) is 0 Å². The Labute approximate surface area is 132 Å². The molecule has 3 nitrogen and oxygen atoms in total. The molecular weight excluding hydrogens is 258 g/mol. The van der Waals surface area contributed by atoms with E-state index in [2.05, 4.69) is 35.9 Å². The fourth-order valence-electron chi connectivity index (χ4n) is 3.81. The zero-order valence-corrected chi connectivity index (χ0v) is 14.6. The van der Waals surface area contributed by atoms with Crippen LogP contribution in [0.15, 0.2) is 0 Å². The van der Waals surface area contributed by atoms with Gasteiger partial charge in [-0.2, -0.15) is 0 Å². The molecule has 2 aliphatic rings. The molecule has 0 aromatic heterocycles. The van der Waals surface area contributed by atoms with Gasteiger partial charge in [-0.1, -0.05) is 20.3 Å². The molecule has 0 amide bonds. The van der Waals surface area contributed by atoms with Crippen molar-refractivity contribution in [2.24, 2.45) is 5.92 Å². The van der Waals surface area contributed by atoms with Gasteiger partial charge in [0.25, 0.3) is 0 Å². The van der Waals surface area contributed by atoms with Crippen molar-refractivity contribution >= 4 is 0 Å². The molecule has 0 aromatic rings. The van der Waals surface area contributed by atoms with Crippen LogP contribution >= 0.6 is 0 Å². The van der Waals surface area contributed by atoms with Crippen molar-refractivity contribution in [1.82, 2.24) is 15.1 Å². The molecule has 1 N–H and O–H groups in total. The summed E-state index contributed by atoms with van der Waals surface area (Å²) in [4.78, 5) is 5.47. The highest BCUT2D eigenvalue weighted by Gasteiger charge is 2.27. The molecule has 2 rings (SSSR count). The molecular formula is C18H37N3. The van der Waals surface area contributed by atoms with Crippen LogP contribution in [-0.2, 0) is 0 Å². The minimum atomic E-state index is 0.694. The SMILES string of the molecule is CC(C)CCNCC(C)N1CCC(N2CCCCC2)CC1. The first-order valence-corrected chi connectivity index (χ1v) is 9.35. The highest BCUT2D eigenvalue weighted by Crippen LogP contribution is 2.21. The monoisotopic (exact) mass is 295 g/mol. The summed E-state index contributed by atoms with van der Waals surface area (Å²) >= 11 is 0. The summed E-state index contributed by atoms with van der Waals surface area (Å²) in [6.07, 6.45) is 8.37. The third-order valence-electron chi connectivity index (χ3n) is 5.37. The molecule has 2 fully saturated rings. The summed E-state index contributed by atoms with van der Waals surface area (Å²) in [6.45, 7) is 14.6. The highest BCUT2D eigenvalue weighted by atomic mass is 15.2. The van der Waals surface area contributed by atoms with Crippen LogP contribution in [0.3, 0.4) is 0 Å². The van der Waals surface area contributed by atoms with Gasteiger partial charge in [-0.3, -0.25) is 4.90 Å². The van der Waals surface area contributed by atoms with Gasteiger partial charge in [0.05, 0.1) is 0 Å². The Kier molecular flexibility index (Phi) is 7.48. The number of piperidine rings is 2. The summed E-state index contributed by atoms with van der Waals surface area (Å²) < 4.78 is 0. The Bertz CT molecular complexity index is 266. The molecule has 3 heteroatoms. The van der Waals surface area contributed by atoms with E-state index in [1.54, 1.807) is 0 Å². The Morgan fingerprint density at radius 3 is 2.24 bits per heavy atom. The lowest BCUT2D eigenvalue weighted by Crippen LogP contribution is -2.50. The van der Waals surface area contributed by atoms with Crippen LogP contribution in [0.4, 0.5) is 0 Å². The van der Waals surface area contributed by atoms with E-state index in [1.807, 2.05) is 0 Å². The molecule has 0 spiro atoms. The molecule has 2 aliphatic heterocycles. The first-order chi connectivity index (χ1) is 10.2. The third-order valence-corrected chi connectivity index (χ3v) is 5.37. The molecule has 0 bridgehead atoms. The molecule has 0 radical (unpaired) electrons. The molecule has 0 aromatic carbocycles. The molecule has 21 heavy (non-hydrogen) atoms. The number of hydrogen-bond donors (Lipinski definition) is 1. The average molecular weight is 296 g/mol. The summed E-state index contributed by atoms with van der Waals surface area (Å²) in [7, 11) is 0. The zero-order chi connectivity index (χ0) is 15.1. The predicted octanol–water partition coefficient (Wildman–Crippen LogP) is 2.96. The summed E-state index contributed by atoms with van der Waals surface area (Å²) in [5.41, 5.74) is 0. The second-order valence-electron chi connectivity index (χ2n) is 7.60. The van der Waals surface area contributed by atoms with Gasteiger partial charge >= 0.3 is 0 Å². The lowest BCUT2D eigenvalue weighted by atomic mass is 9.99. The van der Waals surface area contributed by atoms with Crippen LogP contribution in [0.5, 0.6) is 0 Å². The van der Waals surface area contributed by atoms with Crippen molar-refractivity contribution in [2.45, 2.75) is 71.4 Å². The van der Waals surface area contributed by atoms with Crippen LogP contribution < -0.4 is 5.32 Å². The Morgan fingerprint density at radius 2 is 1.62 bits per heavy atom. The van der Waals surface area contributed by atoms with Crippen LogP contribution in [0, 0.1) is 5.92 Å². The molecule has 1 atom stereocenters. The smallest absolute Gasteiger partial charge is 0.0192 e. The van der Waals surface area contributed by atoms with Crippen molar-refractivity contribution in [1.29, 1.82) is 0 Å². The standard InChI is InChI=1S/C18H37N3/c1-16(2)7-10-19-15-17(3)20-13-8-18(9-14-20)21-11-5-4-6-12-21/h16-19H,4-15H2,1-3H3. The molecule has 0 aliphatic carbocycles. The second-order valence-corrected chi connectivity index (χ2v) is 7.60. The minimum Gasteiger partial charge on any atom is -0.315 e. The maximum atomic E-state index is 3.64. The van der Waals surface area contributed by atoms with Crippen LogP contribution in [0.25, 0.3) is 0 Å². The fraction of sp³-hybridized carbons (Fsp3) is 1.00. The highest BCUT2D eigenvalue weighted by molar-refractivity contribution is 4.83. The number of hydrogen-bond acceptors (Lipinski definition) is 3. The molecule has 1 unspecified atom stereocenters. The fourth-order valence-corrected chi connectivity index (χ4v) is 3.81. The van der Waals surface area contributed by atoms with Gasteiger partial charge in [-0.05, 0) is 77.7 Å². The minimum absolute atomic E-state index is 0.694. The number of nitrogens with zero attached hydrogens (tertiary/aromatic N) is 2. The van der Waals surface area contributed by atoms with E-state index in [-0.39, 0.29) is 0 Å². The van der Waals surface area contributed by atoms with Crippen molar-refractivity contribution in [2.75, 3.05) is 39.3 Å². The van der Waals surface area contributed by atoms with E-state index in [1.165, 1.54) is 71.2 Å². The van der Waals surface area contributed by atoms with Crippen LogP contribution in [-0.4, -0.2) is 61.2 Å². The second kappa shape index (κ2) is 9.12. The Balaban J connectivity index is 1.61. The van der Waals surface area contributed by atoms with Gasteiger partial charge in [0.1, 0.15) is 0 Å². The topological polar surface area (TPSA) is 18.5 Å². The first kappa shape index (κ1) is 17.2. The van der Waals surface area contributed by atoms with E-state index >= 15 is 0 Å². The van der Waals surface area contributed by atoms with Crippen molar-refractivity contribution in [3.8, 4) is 0 Å². The van der Waals surface area contributed by atoms with Gasteiger partial charge < -0.3 is 10.2 Å². The summed E-state index contributed by atoms with van der Waals surface area (Å²) in [5, 5.41) is 3.64. The Hall–Kier alpha value is -0.120. The third kappa shape index (κ3) is 5.88. The largest absolute Gasteiger partial charge is 0.315 e. The average Bonchev–Trinajstić information content (AvgIpc) is 2.52. The van der Waals surface area contributed by atoms with Gasteiger partial charge in [-0.25, -0.2) is 0 Å². The molecule has 2 heterocycles. The summed E-state index contributed by atoms with van der Waals surface area (Å²) in [6, 6.07) is 1.57. The molecule has 0 saturated carbocycles. The van der Waals surface area contributed by atoms with Crippen LogP contribution in [0.1, 0.15) is 59.3 Å². The lowest BCUT2D eigenvalue weighted by Gasteiger charge is -2.42. The van der Waals surface area contributed by atoms with Gasteiger partial charge in [0.15, 0.2) is 0 Å². The summed E-state index contributed by atoms with van der Waals surface area (Å²) in [5.74, 6) is 0.813. The normalized spacial score (nSPS) is 24.6. The molecule has 124 valence electrons. The van der Waals surface area contributed by atoms with E-state index in [0.29, 0.717) is 6.04 Å². The van der Waals surface area contributed by atoms with E-state index in [0.717, 1.165) is 18.5 Å². The van der Waals surface area contributed by atoms with Crippen molar-refractivity contribution in [3.63, 3.8) is 0 Å². The van der Waals surface area contributed by atoms with Gasteiger partial charge in [0, 0.05) is 18.6 Å².